The Hall–Kier alpha value is -4.22. The van der Waals surface area contributed by atoms with Crippen LogP contribution in [0.25, 0.3) is 22.4 Å². The maximum Gasteiger partial charge on any atom is 0.417 e. The second-order valence-electron chi connectivity index (χ2n) is 14.7. The number of thioether (sulfide) groups is 1. The highest BCUT2D eigenvalue weighted by Crippen LogP contribution is 2.40. The molecule has 1 atom stereocenters. The van der Waals surface area contributed by atoms with Crippen LogP contribution in [-0.4, -0.2) is 106 Å². The molecule has 56 heavy (non-hydrogen) atoms. The summed E-state index contributed by atoms with van der Waals surface area (Å²) in [5.74, 6) is -0.567. The smallest absolute Gasteiger partial charge is 0.390 e. The monoisotopic (exact) mass is 810 g/mol. The Morgan fingerprint density at radius 2 is 1.70 bits per heavy atom. The number of nitrogens with one attached hydrogen (secondary N) is 1. The number of piperidine rings is 1. The normalized spacial score (nSPS) is 17.9. The number of halogens is 3. The van der Waals surface area contributed by atoms with Gasteiger partial charge in [-0.25, -0.2) is 8.42 Å². The Kier molecular flexibility index (Phi) is 11.9. The van der Waals surface area contributed by atoms with Crippen molar-refractivity contribution in [1.29, 1.82) is 0 Å². The molecule has 4 heterocycles. The zero-order valence-electron chi connectivity index (χ0n) is 31.0. The molecule has 4 aromatic rings. The van der Waals surface area contributed by atoms with Crippen LogP contribution >= 0.6 is 11.8 Å². The van der Waals surface area contributed by atoms with Crippen LogP contribution in [0.5, 0.6) is 0 Å². The second-order valence-corrected chi connectivity index (χ2v) is 17.7. The molecule has 7 rings (SSSR count). The van der Waals surface area contributed by atoms with Gasteiger partial charge in [-0.1, -0.05) is 48.5 Å². The van der Waals surface area contributed by atoms with Gasteiger partial charge < -0.3 is 20.2 Å². The van der Waals surface area contributed by atoms with E-state index in [4.69, 9.17) is 5.10 Å². The number of alkyl halides is 3. The molecule has 0 bridgehead atoms. The van der Waals surface area contributed by atoms with Crippen molar-refractivity contribution in [3.63, 3.8) is 0 Å². The number of hydrogen-bond acceptors (Lipinski definition) is 8. The standard InChI is InChI=1S/C40H45F3N6O5S2/c1-56(53,54)47-20-16-35-33(25-47)39(45-49(35)24-32(50)23-46-18-14-31(15-19-46)48-17-6-11-38(48)52)29-12-13-34(40(41,42)43)36(22-29)55-26-37(51)44-30-10-5-9-28(21-30)27-7-3-2-4-8-27/h2-5,7-10,12-13,21-22,31-32,50H,6,11,14-20,23-26H2,1H3,(H,44,51). The van der Waals surface area contributed by atoms with Crippen molar-refractivity contribution in [3.05, 3.63) is 89.6 Å². The topological polar surface area (TPSA) is 128 Å². The molecule has 0 aliphatic carbocycles. The molecule has 0 spiro atoms. The second kappa shape index (κ2) is 16.7. The number of aliphatic hydroxyl groups is 1. The summed E-state index contributed by atoms with van der Waals surface area (Å²) in [7, 11) is -3.59. The average Bonchev–Trinajstić information content (AvgIpc) is 3.76. The summed E-state index contributed by atoms with van der Waals surface area (Å²) in [5, 5.41) is 18.9. The minimum absolute atomic E-state index is 0.0176. The predicted octanol–water partition coefficient (Wildman–Crippen LogP) is 5.73. The summed E-state index contributed by atoms with van der Waals surface area (Å²) in [6.45, 7) is 2.94. The average molecular weight is 811 g/mol. The fourth-order valence-corrected chi connectivity index (χ4v) is 9.62. The van der Waals surface area contributed by atoms with Gasteiger partial charge in [0, 0.05) is 85.6 Å². The number of aromatic nitrogens is 2. The number of β-amino-alcohol motifs (C(OH)–C–C–N with tert-alkyl or cyclic N) is 1. The molecule has 0 saturated carbocycles. The molecule has 2 fully saturated rings. The molecular weight excluding hydrogens is 766 g/mol. The quantitative estimate of drug-likeness (QED) is 0.174. The first-order chi connectivity index (χ1) is 26.7. The summed E-state index contributed by atoms with van der Waals surface area (Å²) in [4.78, 5) is 29.3. The van der Waals surface area contributed by atoms with Crippen LogP contribution in [0.2, 0.25) is 0 Å². The first-order valence-electron chi connectivity index (χ1n) is 18.8. The van der Waals surface area contributed by atoms with Crippen molar-refractivity contribution in [2.75, 3.05) is 50.0 Å². The Morgan fingerprint density at radius 1 is 0.946 bits per heavy atom. The van der Waals surface area contributed by atoms with Gasteiger partial charge in [0.25, 0.3) is 0 Å². The van der Waals surface area contributed by atoms with Gasteiger partial charge in [0.05, 0.1) is 35.9 Å². The fraction of sp³-hybridized carbons (Fsp3) is 0.425. The van der Waals surface area contributed by atoms with Crippen LogP contribution in [0, 0.1) is 0 Å². The van der Waals surface area contributed by atoms with Crippen molar-refractivity contribution in [2.45, 2.75) is 68.4 Å². The molecule has 298 valence electrons. The van der Waals surface area contributed by atoms with Crippen LogP contribution in [-0.2, 0) is 45.3 Å². The number of anilines is 1. The van der Waals surface area contributed by atoms with Crippen LogP contribution in [0.3, 0.4) is 0 Å². The molecule has 3 aromatic carbocycles. The SMILES string of the molecule is CS(=O)(=O)N1CCc2c(c(-c3ccc(C(F)(F)F)c(SCC(=O)Nc4cccc(-c5ccccc5)c4)c3)nn2CC(O)CN2CCC(N3CCCC3=O)CC2)C1. The molecule has 16 heteroatoms. The first-order valence-corrected chi connectivity index (χ1v) is 21.6. The fourth-order valence-electron chi connectivity index (χ4n) is 7.93. The van der Waals surface area contributed by atoms with E-state index in [1.165, 1.54) is 16.4 Å². The Bertz CT molecular complexity index is 2170. The summed E-state index contributed by atoms with van der Waals surface area (Å²) in [6, 6.07) is 20.7. The van der Waals surface area contributed by atoms with Gasteiger partial charge in [0.2, 0.25) is 21.8 Å². The van der Waals surface area contributed by atoms with Crippen molar-refractivity contribution in [2.24, 2.45) is 0 Å². The highest BCUT2D eigenvalue weighted by Gasteiger charge is 2.36. The van der Waals surface area contributed by atoms with Gasteiger partial charge in [-0.3, -0.25) is 14.3 Å². The van der Waals surface area contributed by atoms with Gasteiger partial charge >= 0.3 is 6.18 Å². The van der Waals surface area contributed by atoms with Gasteiger partial charge in [-0.15, -0.1) is 11.8 Å². The number of rotatable bonds is 12. The van der Waals surface area contributed by atoms with E-state index in [1.54, 1.807) is 22.9 Å². The molecule has 2 saturated heterocycles. The van der Waals surface area contributed by atoms with E-state index in [2.05, 4.69) is 10.2 Å². The molecule has 3 aliphatic rings. The third kappa shape index (κ3) is 9.31. The molecule has 2 amide bonds. The lowest BCUT2D eigenvalue weighted by molar-refractivity contribution is -0.139. The number of fused-ring (bicyclic) bond motifs is 1. The third-order valence-corrected chi connectivity index (χ3v) is 13.0. The number of aliphatic hydroxyl groups excluding tert-OH is 1. The Balaban J connectivity index is 1.09. The number of nitrogens with zero attached hydrogens (tertiary/aromatic N) is 5. The number of carbonyl (C=O) groups excluding carboxylic acids is 2. The summed E-state index contributed by atoms with van der Waals surface area (Å²) >= 11 is 0.758. The van der Waals surface area contributed by atoms with E-state index < -0.39 is 33.8 Å². The van der Waals surface area contributed by atoms with E-state index in [0.717, 1.165) is 79.8 Å². The molecule has 1 unspecified atom stereocenters. The first kappa shape index (κ1) is 40.0. The highest BCUT2D eigenvalue weighted by atomic mass is 32.2. The van der Waals surface area contributed by atoms with Crippen molar-refractivity contribution >= 4 is 39.3 Å². The largest absolute Gasteiger partial charge is 0.417 e. The number of sulfonamides is 1. The minimum Gasteiger partial charge on any atom is -0.390 e. The number of amides is 2. The zero-order valence-corrected chi connectivity index (χ0v) is 32.7. The minimum atomic E-state index is -4.70. The zero-order chi connectivity index (χ0) is 39.6. The van der Waals surface area contributed by atoms with Crippen LogP contribution in [0.15, 0.2) is 77.7 Å². The molecule has 1 aromatic heterocycles. The van der Waals surface area contributed by atoms with E-state index in [1.807, 2.05) is 41.3 Å². The highest BCUT2D eigenvalue weighted by molar-refractivity contribution is 8.00. The Labute approximate surface area is 328 Å². The van der Waals surface area contributed by atoms with E-state index >= 15 is 0 Å². The lowest BCUT2D eigenvalue weighted by Crippen LogP contribution is -2.47. The van der Waals surface area contributed by atoms with E-state index in [9.17, 15) is 36.3 Å². The van der Waals surface area contributed by atoms with Crippen molar-refractivity contribution < 1.29 is 36.3 Å². The van der Waals surface area contributed by atoms with Crippen LogP contribution in [0.4, 0.5) is 18.9 Å². The lowest BCUT2D eigenvalue weighted by Gasteiger charge is -2.37. The Morgan fingerprint density at radius 3 is 2.39 bits per heavy atom. The van der Waals surface area contributed by atoms with Gasteiger partial charge in [0.1, 0.15) is 0 Å². The number of likely N-dealkylation sites (tertiary alicyclic amines) is 2. The van der Waals surface area contributed by atoms with Crippen molar-refractivity contribution in [1.82, 2.24) is 23.9 Å². The molecule has 2 N–H and O–H groups in total. The number of benzene rings is 3. The molecule has 0 radical (unpaired) electrons. The van der Waals surface area contributed by atoms with Gasteiger partial charge in [-0.05, 0) is 54.7 Å². The maximum absolute atomic E-state index is 14.3. The molecule has 11 nitrogen and oxygen atoms in total. The van der Waals surface area contributed by atoms with Crippen LogP contribution < -0.4 is 5.32 Å². The maximum atomic E-state index is 14.3. The number of hydrogen-bond donors (Lipinski definition) is 2. The van der Waals surface area contributed by atoms with E-state index in [-0.39, 0.29) is 42.2 Å². The van der Waals surface area contributed by atoms with Crippen molar-refractivity contribution in [3.8, 4) is 22.4 Å². The predicted molar refractivity (Wildman–Crippen MR) is 209 cm³/mol. The number of carbonyl (C=O) groups is 2. The third-order valence-electron chi connectivity index (χ3n) is 10.7. The lowest BCUT2D eigenvalue weighted by atomic mass is 10.0. The summed E-state index contributed by atoms with van der Waals surface area (Å²) < 4.78 is 71.2. The van der Waals surface area contributed by atoms with Crippen LogP contribution in [0.1, 0.15) is 42.5 Å². The summed E-state index contributed by atoms with van der Waals surface area (Å²) in [6.07, 6.45) is -0.935. The van der Waals surface area contributed by atoms with Gasteiger partial charge in [-0.2, -0.15) is 22.6 Å². The molecule has 3 aliphatic heterocycles. The van der Waals surface area contributed by atoms with E-state index in [0.29, 0.717) is 41.9 Å². The summed E-state index contributed by atoms with van der Waals surface area (Å²) in [5.41, 5.74) is 3.40. The molecular formula is C40H45F3N6O5S2. The van der Waals surface area contributed by atoms with Gasteiger partial charge in [0.15, 0.2) is 0 Å².